The molecule has 0 unspecified atom stereocenters. The van der Waals surface area contributed by atoms with E-state index in [0.29, 0.717) is 57.6 Å². The lowest BCUT2D eigenvalue weighted by Gasteiger charge is -2.31. The topological polar surface area (TPSA) is 72.2 Å². The Bertz CT molecular complexity index is 1140. The Morgan fingerprint density at radius 2 is 1.89 bits per heavy atom. The van der Waals surface area contributed by atoms with E-state index in [9.17, 15) is 13.9 Å². The fourth-order valence-electron chi connectivity index (χ4n) is 4.35. The summed E-state index contributed by atoms with van der Waals surface area (Å²) in [5.41, 5.74) is 2.18. The van der Waals surface area contributed by atoms with Crippen molar-refractivity contribution < 1.29 is 28.1 Å². The first-order chi connectivity index (χ1) is 17.9. The average Bonchev–Trinajstić information content (AvgIpc) is 3.19. The van der Waals surface area contributed by atoms with Gasteiger partial charge in [-0.25, -0.2) is 13.5 Å². The number of hydrogen-bond donors (Lipinski definition) is 1. The molecule has 0 bridgehead atoms. The van der Waals surface area contributed by atoms with Crippen molar-refractivity contribution in [3.05, 3.63) is 71.4 Å². The highest BCUT2D eigenvalue weighted by Crippen LogP contribution is 2.33. The van der Waals surface area contributed by atoms with E-state index >= 15 is 0 Å². The minimum absolute atomic E-state index is 0.101. The summed E-state index contributed by atoms with van der Waals surface area (Å²) in [6, 6.07) is 12.6. The minimum atomic E-state index is -0.804. The second kappa shape index (κ2) is 13.1. The van der Waals surface area contributed by atoms with E-state index in [4.69, 9.17) is 14.2 Å². The molecular weight excluding hydrogens is 482 g/mol. The van der Waals surface area contributed by atoms with Crippen LogP contribution in [0.15, 0.2) is 48.5 Å². The van der Waals surface area contributed by atoms with Gasteiger partial charge in [-0.2, -0.15) is 5.10 Å². The summed E-state index contributed by atoms with van der Waals surface area (Å²) in [7, 11) is 1.63. The van der Waals surface area contributed by atoms with Gasteiger partial charge in [-0.1, -0.05) is 18.2 Å². The van der Waals surface area contributed by atoms with Gasteiger partial charge in [-0.3, -0.25) is 9.80 Å². The first-order valence-electron chi connectivity index (χ1n) is 12.4. The summed E-state index contributed by atoms with van der Waals surface area (Å²) in [4.78, 5) is 4.26. The van der Waals surface area contributed by atoms with Crippen molar-refractivity contribution in [3.8, 4) is 17.3 Å². The molecule has 0 radical (unpaired) electrons. The van der Waals surface area contributed by atoms with Crippen molar-refractivity contribution in [2.75, 3.05) is 59.7 Å². The highest BCUT2D eigenvalue weighted by atomic mass is 19.1. The fourth-order valence-corrected chi connectivity index (χ4v) is 4.35. The molecule has 1 N–H and O–H groups in total. The molecule has 2 aromatic carbocycles. The molecule has 200 valence electrons. The van der Waals surface area contributed by atoms with Crippen LogP contribution in [0.2, 0.25) is 0 Å². The number of morpholine rings is 1. The van der Waals surface area contributed by atoms with E-state index in [1.807, 2.05) is 37.3 Å². The lowest BCUT2D eigenvalue weighted by molar-refractivity contribution is 0.00431. The molecule has 8 nitrogen and oxygen atoms in total. The zero-order chi connectivity index (χ0) is 26.2. The number of hydrogen-bond acceptors (Lipinski definition) is 7. The number of methoxy groups -OCH3 is 1. The Balaban J connectivity index is 1.62. The van der Waals surface area contributed by atoms with Crippen LogP contribution in [0.3, 0.4) is 0 Å². The number of ether oxygens (including phenoxy) is 3. The number of aromatic nitrogens is 2. The summed E-state index contributed by atoms with van der Waals surface area (Å²) < 4.78 is 46.5. The standard InChI is InChI=1S/C27H34F2N4O4/c1-20-24(19-32(10-13-35-2)18-23(34)17-31-11-14-36-15-12-31)27(33(30-20)22-6-4-3-5-7-22)37-26-9-8-21(28)16-25(26)29/h3-9,16,23,34H,10-15,17-19H2,1-2H3/t23-/m1/s1. The molecule has 1 atom stereocenters. The van der Waals surface area contributed by atoms with Crippen LogP contribution in [-0.2, 0) is 16.0 Å². The van der Waals surface area contributed by atoms with Gasteiger partial charge in [0, 0.05) is 52.4 Å². The van der Waals surface area contributed by atoms with Gasteiger partial charge in [-0.15, -0.1) is 0 Å². The molecule has 1 aliphatic rings. The predicted molar refractivity (Wildman–Crippen MR) is 135 cm³/mol. The van der Waals surface area contributed by atoms with Gasteiger partial charge < -0.3 is 19.3 Å². The van der Waals surface area contributed by atoms with E-state index in [-0.39, 0.29) is 5.75 Å². The van der Waals surface area contributed by atoms with E-state index in [1.54, 1.807) is 11.8 Å². The normalized spacial score (nSPS) is 15.3. The second-order valence-electron chi connectivity index (χ2n) is 9.09. The summed E-state index contributed by atoms with van der Waals surface area (Å²) in [6.45, 7) is 7.15. The van der Waals surface area contributed by atoms with Gasteiger partial charge in [0.05, 0.1) is 42.9 Å². The van der Waals surface area contributed by atoms with Crippen LogP contribution in [0.25, 0.3) is 5.69 Å². The SMILES string of the molecule is COCCN(Cc1c(C)nn(-c2ccccc2)c1Oc1ccc(F)cc1F)C[C@H](O)CN1CCOCC1. The molecule has 1 saturated heterocycles. The van der Waals surface area contributed by atoms with E-state index in [0.717, 1.165) is 36.5 Å². The quantitative estimate of drug-likeness (QED) is 0.396. The van der Waals surface area contributed by atoms with Crippen LogP contribution in [-0.4, -0.2) is 90.4 Å². The van der Waals surface area contributed by atoms with Crippen molar-refractivity contribution in [3.63, 3.8) is 0 Å². The number of nitrogens with zero attached hydrogens (tertiary/aromatic N) is 4. The Morgan fingerprint density at radius 3 is 2.59 bits per heavy atom. The molecule has 3 aromatic rings. The zero-order valence-corrected chi connectivity index (χ0v) is 21.3. The van der Waals surface area contributed by atoms with Crippen molar-refractivity contribution in [1.29, 1.82) is 0 Å². The van der Waals surface area contributed by atoms with Crippen LogP contribution in [0.5, 0.6) is 11.6 Å². The summed E-state index contributed by atoms with van der Waals surface area (Å²) >= 11 is 0. The first kappa shape index (κ1) is 27.2. The molecule has 0 amide bonds. The van der Waals surface area contributed by atoms with Crippen molar-refractivity contribution in [2.45, 2.75) is 19.6 Å². The van der Waals surface area contributed by atoms with E-state index in [2.05, 4.69) is 14.9 Å². The third-order valence-corrected chi connectivity index (χ3v) is 6.27. The van der Waals surface area contributed by atoms with Gasteiger partial charge in [-0.05, 0) is 31.2 Å². The van der Waals surface area contributed by atoms with Gasteiger partial charge in [0.2, 0.25) is 5.88 Å². The van der Waals surface area contributed by atoms with Crippen LogP contribution in [0.1, 0.15) is 11.3 Å². The molecule has 1 fully saturated rings. The van der Waals surface area contributed by atoms with Crippen molar-refractivity contribution in [1.82, 2.24) is 19.6 Å². The van der Waals surface area contributed by atoms with Gasteiger partial charge >= 0.3 is 0 Å². The van der Waals surface area contributed by atoms with Crippen molar-refractivity contribution >= 4 is 0 Å². The highest BCUT2D eigenvalue weighted by Gasteiger charge is 2.24. The number of rotatable bonds is 12. The summed E-state index contributed by atoms with van der Waals surface area (Å²) in [5.74, 6) is -1.26. The van der Waals surface area contributed by atoms with Gasteiger partial charge in [0.1, 0.15) is 5.82 Å². The monoisotopic (exact) mass is 516 g/mol. The van der Waals surface area contributed by atoms with E-state index < -0.39 is 17.7 Å². The van der Waals surface area contributed by atoms with Crippen molar-refractivity contribution in [2.24, 2.45) is 0 Å². The lowest BCUT2D eigenvalue weighted by Crippen LogP contribution is -2.45. The largest absolute Gasteiger partial charge is 0.435 e. The fraction of sp³-hybridized carbons (Fsp3) is 0.444. The molecule has 10 heteroatoms. The Morgan fingerprint density at radius 1 is 1.14 bits per heavy atom. The first-order valence-corrected chi connectivity index (χ1v) is 12.4. The summed E-state index contributed by atoms with van der Waals surface area (Å²) in [5, 5.41) is 15.5. The number of benzene rings is 2. The minimum Gasteiger partial charge on any atom is -0.435 e. The maximum absolute atomic E-state index is 14.6. The van der Waals surface area contributed by atoms with Gasteiger partial charge in [0.25, 0.3) is 0 Å². The Labute approximate surface area is 216 Å². The molecule has 37 heavy (non-hydrogen) atoms. The molecular formula is C27H34F2N4O4. The number of halogens is 2. The van der Waals surface area contributed by atoms with Crippen LogP contribution < -0.4 is 4.74 Å². The third-order valence-electron chi connectivity index (χ3n) is 6.27. The molecule has 1 aromatic heterocycles. The molecule has 2 heterocycles. The number of aryl methyl sites for hydroxylation is 1. The highest BCUT2D eigenvalue weighted by molar-refractivity contribution is 5.43. The Kier molecular flexibility index (Phi) is 9.59. The van der Waals surface area contributed by atoms with E-state index in [1.165, 1.54) is 6.07 Å². The maximum Gasteiger partial charge on any atom is 0.227 e. The number of para-hydroxylation sites is 1. The molecule has 0 aliphatic carbocycles. The van der Waals surface area contributed by atoms with Gasteiger partial charge in [0.15, 0.2) is 11.6 Å². The summed E-state index contributed by atoms with van der Waals surface area (Å²) in [6.07, 6.45) is -0.585. The maximum atomic E-state index is 14.6. The molecule has 4 rings (SSSR count). The second-order valence-corrected chi connectivity index (χ2v) is 9.09. The Hall–Kier alpha value is -2.89. The molecule has 1 aliphatic heterocycles. The third kappa shape index (κ3) is 7.33. The van der Waals surface area contributed by atoms with Crippen LogP contribution in [0, 0.1) is 18.6 Å². The van der Waals surface area contributed by atoms with Crippen LogP contribution in [0.4, 0.5) is 8.78 Å². The predicted octanol–water partition coefficient (Wildman–Crippen LogP) is 3.39. The smallest absolute Gasteiger partial charge is 0.227 e. The number of aliphatic hydroxyl groups excluding tert-OH is 1. The molecule has 0 spiro atoms. The lowest BCUT2D eigenvalue weighted by atomic mass is 10.2. The zero-order valence-electron chi connectivity index (χ0n) is 21.3. The van der Waals surface area contributed by atoms with Crippen LogP contribution >= 0.6 is 0 Å². The number of β-amino-alcohol motifs (C(OH)–C–C–N with tert-alkyl or cyclic N) is 1. The molecule has 0 saturated carbocycles. The average molecular weight is 517 g/mol. The number of aliphatic hydroxyl groups is 1.